The van der Waals surface area contributed by atoms with Crippen molar-refractivity contribution in [3.8, 4) is 0 Å². The van der Waals surface area contributed by atoms with E-state index < -0.39 is 11.7 Å². The molecule has 0 aliphatic rings. The van der Waals surface area contributed by atoms with Crippen LogP contribution in [0.4, 0.5) is 24.5 Å². The highest BCUT2D eigenvalue weighted by Gasteiger charge is 2.33. The van der Waals surface area contributed by atoms with Crippen LogP contribution < -0.4 is 10.7 Å². The smallest absolute Gasteiger partial charge is 0.326 e. The number of anilines is 2. The number of nitrogens with zero attached hydrogens (tertiary/aromatic N) is 1. The summed E-state index contributed by atoms with van der Waals surface area (Å²) in [6.07, 6.45) is -4.46. The summed E-state index contributed by atoms with van der Waals surface area (Å²) in [5, 5.41) is 6.65. The second-order valence-electron chi connectivity index (χ2n) is 5.11. The third-order valence-electron chi connectivity index (χ3n) is 3.18. The van der Waals surface area contributed by atoms with Crippen LogP contribution in [0.25, 0.3) is 0 Å². The van der Waals surface area contributed by atoms with Crippen molar-refractivity contribution in [2.75, 3.05) is 10.7 Å². The number of nitrogens with one attached hydrogen (secondary N) is 2. The number of hydrogen-bond acceptors (Lipinski definition) is 3. The third kappa shape index (κ3) is 4.58. The highest BCUT2D eigenvalue weighted by Crippen LogP contribution is 2.34. The van der Waals surface area contributed by atoms with E-state index in [0.717, 1.165) is 6.07 Å². The summed E-state index contributed by atoms with van der Waals surface area (Å²) in [5.41, 5.74) is 3.30. The number of rotatable bonds is 4. The minimum Gasteiger partial charge on any atom is -0.326 e. The fourth-order valence-corrected chi connectivity index (χ4v) is 2.06. The molecule has 0 saturated heterocycles. The van der Waals surface area contributed by atoms with Gasteiger partial charge in [-0.25, -0.2) is 0 Å². The summed E-state index contributed by atoms with van der Waals surface area (Å²) < 4.78 is 38.8. The second-order valence-corrected chi connectivity index (χ2v) is 5.11. The van der Waals surface area contributed by atoms with Crippen molar-refractivity contribution in [2.45, 2.75) is 20.0 Å². The molecule has 4 nitrogen and oxygen atoms in total. The van der Waals surface area contributed by atoms with Gasteiger partial charge < -0.3 is 5.32 Å². The highest BCUT2D eigenvalue weighted by molar-refractivity contribution is 6.00. The van der Waals surface area contributed by atoms with E-state index in [1.807, 2.05) is 0 Å². The number of carbonyl (C=O) groups is 1. The zero-order valence-electron chi connectivity index (χ0n) is 13.1. The number of para-hydroxylation sites is 1. The Morgan fingerprint density at radius 2 is 1.75 bits per heavy atom. The van der Waals surface area contributed by atoms with E-state index in [-0.39, 0.29) is 11.6 Å². The minimum absolute atomic E-state index is 0.123. The van der Waals surface area contributed by atoms with E-state index in [1.54, 1.807) is 31.2 Å². The largest absolute Gasteiger partial charge is 0.418 e. The Labute approximate surface area is 137 Å². The Hall–Kier alpha value is -2.83. The predicted molar refractivity (Wildman–Crippen MR) is 88.0 cm³/mol. The molecular formula is C17H16F3N3O. The average molecular weight is 335 g/mol. The molecule has 0 aliphatic carbocycles. The van der Waals surface area contributed by atoms with Crippen LogP contribution in [0.2, 0.25) is 0 Å². The first kappa shape index (κ1) is 17.5. The molecule has 7 heteroatoms. The first-order chi connectivity index (χ1) is 11.3. The Kier molecular flexibility index (Phi) is 5.23. The first-order valence-electron chi connectivity index (χ1n) is 7.12. The molecule has 0 saturated carbocycles. The monoisotopic (exact) mass is 335 g/mol. The van der Waals surface area contributed by atoms with Gasteiger partial charge >= 0.3 is 6.18 Å². The van der Waals surface area contributed by atoms with Crippen molar-refractivity contribution in [1.82, 2.24) is 0 Å². The lowest BCUT2D eigenvalue weighted by Crippen LogP contribution is -2.10. The average Bonchev–Trinajstić information content (AvgIpc) is 2.51. The second kappa shape index (κ2) is 7.16. The van der Waals surface area contributed by atoms with Crippen molar-refractivity contribution in [2.24, 2.45) is 5.10 Å². The van der Waals surface area contributed by atoms with Crippen LogP contribution in [0.15, 0.2) is 53.6 Å². The molecule has 0 spiro atoms. The predicted octanol–water partition coefficient (Wildman–Crippen LogP) is 4.50. The van der Waals surface area contributed by atoms with Gasteiger partial charge in [-0.3, -0.25) is 10.2 Å². The molecule has 24 heavy (non-hydrogen) atoms. The van der Waals surface area contributed by atoms with Gasteiger partial charge in [-0.05, 0) is 36.8 Å². The third-order valence-corrected chi connectivity index (χ3v) is 3.18. The van der Waals surface area contributed by atoms with E-state index in [9.17, 15) is 18.0 Å². The molecule has 0 fully saturated rings. The Balaban J connectivity index is 2.23. The molecule has 0 atom stereocenters. The molecule has 2 aromatic rings. The van der Waals surface area contributed by atoms with Gasteiger partial charge in [0, 0.05) is 12.6 Å². The number of hydrazone groups is 1. The summed E-state index contributed by atoms with van der Waals surface area (Å²) in [4.78, 5) is 11.1. The Bertz CT molecular complexity index is 770. The summed E-state index contributed by atoms with van der Waals surface area (Å²) in [5.74, 6) is -0.209. The number of amides is 1. The van der Waals surface area contributed by atoms with Gasteiger partial charge in [-0.1, -0.05) is 24.3 Å². The van der Waals surface area contributed by atoms with Crippen molar-refractivity contribution in [3.63, 3.8) is 0 Å². The zero-order chi connectivity index (χ0) is 17.7. The van der Waals surface area contributed by atoms with Crippen LogP contribution in [-0.4, -0.2) is 11.6 Å². The van der Waals surface area contributed by atoms with Gasteiger partial charge in [0.2, 0.25) is 5.91 Å². The van der Waals surface area contributed by atoms with Crippen LogP contribution in [0, 0.1) is 0 Å². The van der Waals surface area contributed by atoms with Crippen LogP contribution >= 0.6 is 0 Å². The van der Waals surface area contributed by atoms with E-state index in [0.29, 0.717) is 17.0 Å². The molecule has 0 aromatic heterocycles. The molecule has 0 bridgehead atoms. The summed E-state index contributed by atoms with van der Waals surface area (Å²) in [6.45, 7) is 3.05. The molecule has 126 valence electrons. The van der Waals surface area contributed by atoms with Crippen molar-refractivity contribution < 1.29 is 18.0 Å². The fraction of sp³-hybridized carbons (Fsp3) is 0.176. The molecule has 0 radical (unpaired) electrons. The maximum absolute atomic E-state index is 12.9. The molecular weight excluding hydrogens is 319 g/mol. The quantitative estimate of drug-likeness (QED) is 0.638. The molecule has 2 rings (SSSR count). The number of alkyl halides is 3. The van der Waals surface area contributed by atoms with Gasteiger partial charge in [0.15, 0.2) is 0 Å². The van der Waals surface area contributed by atoms with Crippen LogP contribution in [0.1, 0.15) is 25.0 Å². The van der Waals surface area contributed by atoms with Gasteiger partial charge in [0.25, 0.3) is 0 Å². The van der Waals surface area contributed by atoms with E-state index in [4.69, 9.17) is 0 Å². The first-order valence-corrected chi connectivity index (χ1v) is 7.12. The highest BCUT2D eigenvalue weighted by atomic mass is 19.4. The topological polar surface area (TPSA) is 53.5 Å². The SMILES string of the molecule is CC(=O)Nc1cccc(/C(C)=N\Nc2ccccc2C(F)(F)F)c1. The maximum Gasteiger partial charge on any atom is 0.418 e. The number of halogens is 3. The number of benzene rings is 2. The van der Waals surface area contributed by atoms with Crippen LogP contribution in [0.3, 0.4) is 0 Å². The normalized spacial score (nSPS) is 12.0. The van der Waals surface area contributed by atoms with Crippen molar-refractivity contribution >= 4 is 23.0 Å². The summed E-state index contributed by atoms with van der Waals surface area (Å²) in [7, 11) is 0. The van der Waals surface area contributed by atoms with Crippen LogP contribution in [0.5, 0.6) is 0 Å². The van der Waals surface area contributed by atoms with Gasteiger partial charge in [0.05, 0.1) is 17.0 Å². The van der Waals surface area contributed by atoms with Gasteiger partial charge in [-0.2, -0.15) is 18.3 Å². The molecule has 0 heterocycles. The van der Waals surface area contributed by atoms with Gasteiger partial charge in [0.1, 0.15) is 0 Å². The molecule has 0 unspecified atom stereocenters. The summed E-state index contributed by atoms with van der Waals surface area (Å²) >= 11 is 0. The molecule has 1 amide bonds. The lowest BCUT2D eigenvalue weighted by Gasteiger charge is -2.12. The number of hydrogen-bond donors (Lipinski definition) is 2. The molecule has 2 aromatic carbocycles. The summed E-state index contributed by atoms with van der Waals surface area (Å²) in [6, 6.07) is 12.0. The Morgan fingerprint density at radius 3 is 2.42 bits per heavy atom. The molecule has 0 aliphatic heterocycles. The number of carbonyl (C=O) groups excluding carboxylic acids is 1. The van der Waals surface area contributed by atoms with Crippen molar-refractivity contribution in [1.29, 1.82) is 0 Å². The van der Waals surface area contributed by atoms with E-state index in [1.165, 1.54) is 25.1 Å². The standard InChI is InChI=1S/C17H16F3N3O/c1-11(13-6-5-7-14(10-13)21-12(2)24)22-23-16-9-4-3-8-15(16)17(18,19)20/h3-10,23H,1-2H3,(H,21,24)/b22-11-. The van der Waals surface area contributed by atoms with E-state index in [2.05, 4.69) is 15.8 Å². The van der Waals surface area contributed by atoms with Crippen LogP contribution in [-0.2, 0) is 11.0 Å². The lowest BCUT2D eigenvalue weighted by molar-refractivity contribution is -0.137. The van der Waals surface area contributed by atoms with Gasteiger partial charge in [-0.15, -0.1) is 0 Å². The minimum atomic E-state index is -4.46. The zero-order valence-corrected chi connectivity index (χ0v) is 13.1. The maximum atomic E-state index is 12.9. The van der Waals surface area contributed by atoms with Crippen molar-refractivity contribution in [3.05, 3.63) is 59.7 Å². The fourth-order valence-electron chi connectivity index (χ4n) is 2.06. The Morgan fingerprint density at radius 1 is 1.04 bits per heavy atom. The molecule has 2 N–H and O–H groups in total. The van der Waals surface area contributed by atoms with E-state index >= 15 is 0 Å². The lowest BCUT2D eigenvalue weighted by atomic mass is 10.1.